The van der Waals surface area contributed by atoms with Crippen LogP contribution in [0, 0.1) is 29.1 Å². The number of rotatable bonds is 6. The first-order valence-corrected chi connectivity index (χ1v) is 11.6. The first-order chi connectivity index (χ1) is 16.1. The second-order valence-electron chi connectivity index (χ2n) is 9.02. The topological polar surface area (TPSA) is 108 Å². The lowest BCUT2D eigenvalue weighted by Crippen LogP contribution is -2.40. The van der Waals surface area contributed by atoms with Crippen molar-refractivity contribution in [1.82, 2.24) is 15.3 Å². The smallest absolute Gasteiger partial charge is 0.271 e. The third-order valence-electron chi connectivity index (χ3n) is 6.99. The van der Waals surface area contributed by atoms with Crippen LogP contribution in [0.1, 0.15) is 41.7 Å². The average molecular weight is 466 g/mol. The Kier molecular flexibility index (Phi) is 5.90. The molecule has 2 aromatic rings. The number of fused-ring (bicyclic) bond motifs is 1. The Morgan fingerprint density at radius 2 is 1.94 bits per heavy atom. The summed E-state index contributed by atoms with van der Waals surface area (Å²) in [6.07, 6.45) is 7.51. The number of carbonyl (C=O) groups excluding carboxylic acids is 2. The monoisotopic (exact) mass is 465 g/mol. The van der Waals surface area contributed by atoms with Gasteiger partial charge in [0.1, 0.15) is 29.6 Å². The molecule has 0 spiro atoms. The highest BCUT2D eigenvalue weighted by atomic mass is 35.5. The highest BCUT2D eigenvalue weighted by Crippen LogP contribution is 2.50. The van der Waals surface area contributed by atoms with E-state index in [4.69, 9.17) is 21.6 Å². The minimum Gasteiger partial charge on any atom is -0.490 e. The minimum atomic E-state index is -0.220. The highest BCUT2D eigenvalue weighted by molar-refractivity contribution is 6.31. The van der Waals surface area contributed by atoms with Gasteiger partial charge in [-0.3, -0.25) is 4.79 Å². The Hall–Kier alpha value is -3.18. The van der Waals surface area contributed by atoms with Gasteiger partial charge in [0, 0.05) is 31.1 Å². The van der Waals surface area contributed by atoms with Gasteiger partial charge >= 0.3 is 0 Å². The van der Waals surface area contributed by atoms with E-state index in [1.165, 1.54) is 6.20 Å². The second-order valence-corrected chi connectivity index (χ2v) is 9.43. The number of benzene rings is 1. The van der Waals surface area contributed by atoms with E-state index in [9.17, 15) is 9.59 Å². The molecule has 0 radical (unpaired) electrons. The number of nitrogens with one attached hydrogen (secondary N) is 1. The van der Waals surface area contributed by atoms with Crippen molar-refractivity contribution in [2.45, 2.75) is 37.8 Å². The molecule has 5 rings (SSSR count). The number of carbonyl (C=O) groups is 2. The maximum absolute atomic E-state index is 12.6. The number of aldehydes is 1. The maximum atomic E-state index is 12.6. The van der Waals surface area contributed by atoms with Crippen LogP contribution in [-0.2, 0) is 4.79 Å². The molecule has 8 nitrogen and oxygen atoms in total. The number of hydrogen-bond acceptors (Lipinski definition) is 7. The Bertz CT molecular complexity index is 1080. The van der Waals surface area contributed by atoms with Gasteiger partial charge in [0.15, 0.2) is 0 Å². The van der Waals surface area contributed by atoms with Gasteiger partial charge in [0.2, 0.25) is 0 Å². The minimum absolute atomic E-state index is 0.0479. The third kappa shape index (κ3) is 4.51. The van der Waals surface area contributed by atoms with Crippen LogP contribution in [0.4, 0.5) is 5.82 Å². The zero-order chi connectivity index (χ0) is 22.9. The predicted molar refractivity (Wildman–Crippen MR) is 121 cm³/mol. The molecule has 33 heavy (non-hydrogen) atoms. The molecular formula is C24H24ClN5O3. The van der Waals surface area contributed by atoms with E-state index in [1.807, 2.05) is 6.07 Å². The summed E-state index contributed by atoms with van der Waals surface area (Å²) in [6, 6.07) is 7.18. The van der Waals surface area contributed by atoms with Crippen molar-refractivity contribution in [2.24, 2.45) is 17.8 Å². The number of nitrogens with zero attached hydrogens (tertiary/aromatic N) is 4. The number of nitriles is 1. The standard InChI is InChI=1S/C24H24ClN5O3/c25-21-7-17(4-1-14(21)8-26)33-16-5-2-15(3-6-16)29-24(32)22-9-28-23(10-27-22)30-11-18-19(12-30)20(18)13-31/h1,4,7,9-10,13,15-16,18-20H,2-3,5-6,11-12H2,(H,29,32). The van der Waals surface area contributed by atoms with Crippen molar-refractivity contribution in [3.63, 3.8) is 0 Å². The van der Waals surface area contributed by atoms with E-state index in [1.54, 1.807) is 24.4 Å². The zero-order valence-corrected chi connectivity index (χ0v) is 18.7. The summed E-state index contributed by atoms with van der Waals surface area (Å²) < 4.78 is 6.01. The molecule has 1 N–H and O–H groups in total. The Morgan fingerprint density at radius 3 is 2.55 bits per heavy atom. The number of ether oxygens (including phenoxy) is 1. The van der Waals surface area contributed by atoms with Crippen LogP contribution in [0.3, 0.4) is 0 Å². The van der Waals surface area contributed by atoms with Gasteiger partial charge in [0.05, 0.1) is 29.1 Å². The Labute approximate surface area is 196 Å². The summed E-state index contributed by atoms with van der Waals surface area (Å²) in [7, 11) is 0. The fourth-order valence-electron chi connectivity index (χ4n) is 5.00. The Morgan fingerprint density at radius 1 is 1.18 bits per heavy atom. The van der Waals surface area contributed by atoms with Crippen molar-refractivity contribution < 1.29 is 14.3 Å². The average Bonchev–Trinajstić information content (AvgIpc) is 3.30. The van der Waals surface area contributed by atoms with Crippen LogP contribution in [0.2, 0.25) is 5.02 Å². The van der Waals surface area contributed by atoms with Crippen molar-refractivity contribution in [1.29, 1.82) is 5.26 Å². The SMILES string of the molecule is N#Cc1ccc(OC2CCC(NC(=O)c3cnc(N4CC5C(C=O)C5C4)cn3)CC2)cc1Cl. The molecule has 2 heterocycles. The lowest BCUT2D eigenvalue weighted by Gasteiger charge is -2.29. The normalized spacial score (nSPS) is 27.9. The van der Waals surface area contributed by atoms with Crippen molar-refractivity contribution >= 4 is 29.6 Å². The number of aromatic nitrogens is 2. The van der Waals surface area contributed by atoms with Crippen molar-refractivity contribution in [3.05, 3.63) is 46.9 Å². The van der Waals surface area contributed by atoms with Crippen LogP contribution in [0.15, 0.2) is 30.6 Å². The predicted octanol–water partition coefficient (Wildman–Crippen LogP) is 3.00. The van der Waals surface area contributed by atoms with Gasteiger partial charge in [-0.05, 0) is 49.7 Å². The number of anilines is 1. The summed E-state index contributed by atoms with van der Waals surface area (Å²) in [4.78, 5) is 34.4. The van der Waals surface area contributed by atoms with Crippen LogP contribution in [0.5, 0.6) is 5.75 Å². The van der Waals surface area contributed by atoms with Gasteiger partial charge in [-0.15, -0.1) is 0 Å². The summed E-state index contributed by atoms with van der Waals surface area (Å²) in [5.41, 5.74) is 0.731. The maximum Gasteiger partial charge on any atom is 0.271 e. The van der Waals surface area contributed by atoms with Gasteiger partial charge < -0.3 is 19.7 Å². The van der Waals surface area contributed by atoms with Gasteiger partial charge in [-0.1, -0.05) is 11.6 Å². The number of halogens is 1. The van der Waals surface area contributed by atoms with Crippen LogP contribution in [0.25, 0.3) is 0 Å². The molecule has 1 aliphatic heterocycles. The molecule has 2 atom stereocenters. The number of piperidine rings is 1. The largest absolute Gasteiger partial charge is 0.490 e. The lowest BCUT2D eigenvalue weighted by molar-refractivity contribution is -0.109. The van der Waals surface area contributed by atoms with E-state index >= 15 is 0 Å². The third-order valence-corrected chi connectivity index (χ3v) is 7.30. The zero-order valence-electron chi connectivity index (χ0n) is 18.0. The molecule has 9 heteroatoms. The van der Waals surface area contributed by atoms with Crippen LogP contribution < -0.4 is 15.0 Å². The molecule has 2 unspecified atom stereocenters. The van der Waals surface area contributed by atoms with Crippen molar-refractivity contribution in [2.75, 3.05) is 18.0 Å². The van der Waals surface area contributed by atoms with Crippen LogP contribution >= 0.6 is 11.6 Å². The molecule has 1 amide bonds. The molecule has 3 aliphatic rings. The van der Waals surface area contributed by atoms with Gasteiger partial charge in [-0.25, -0.2) is 9.97 Å². The molecule has 1 aromatic heterocycles. The molecule has 1 saturated heterocycles. The molecule has 2 saturated carbocycles. The highest BCUT2D eigenvalue weighted by Gasteiger charge is 2.55. The summed E-state index contributed by atoms with van der Waals surface area (Å²) >= 11 is 6.08. The Balaban J connectivity index is 1.09. The number of amides is 1. The fourth-order valence-corrected chi connectivity index (χ4v) is 5.21. The second kappa shape index (κ2) is 8.99. The van der Waals surface area contributed by atoms with E-state index in [0.29, 0.717) is 33.9 Å². The first-order valence-electron chi connectivity index (χ1n) is 11.2. The summed E-state index contributed by atoms with van der Waals surface area (Å²) in [5, 5.41) is 12.4. The lowest BCUT2D eigenvalue weighted by atomic mass is 9.93. The van der Waals surface area contributed by atoms with E-state index in [0.717, 1.165) is 50.9 Å². The first kappa shape index (κ1) is 21.7. The molecule has 3 fully saturated rings. The van der Waals surface area contributed by atoms with Gasteiger partial charge in [0.25, 0.3) is 5.91 Å². The molecule has 2 aliphatic carbocycles. The van der Waals surface area contributed by atoms with Crippen LogP contribution in [-0.4, -0.2) is 47.4 Å². The van der Waals surface area contributed by atoms with E-state index in [-0.39, 0.29) is 24.0 Å². The number of hydrogen-bond donors (Lipinski definition) is 1. The fraction of sp³-hybridized carbons (Fsp3) is 0.458. The molecular weight excluding hydrogens is 442 g/mol. The van der Waals surface area contributed by atoms with E-state index < -0.39 is 0 Å². The quantitative estimate of drug-likeness (QED) is 0.653. The molecule has 1 aromatic carbocycles. The van der Waals surface area contributed by atoms with Crippen molar-refractivity contribution in [3.8, 4) is 11.8 Å². The summed E-state index contributed by atoms with van der Waals surface area (Å²) in [5.74, 6) is 2.28. The summed E-state index contributed by atoms with van der Waals surface area (Å²) in [6.45, 7) is 1.66. The molecule has 170 valence electrons. The van der Waals surface area contributed by atoms with Gasteiger partial charge in [-0.2, -0.15) is 5.26 Å². The molecule has 0 bridgehead atoms. The van der Waals surface area contributed by atoms with E-state index in [2.05, 4.69) is 20.2 Å².